The standard InChI is InChI=1S/C21H20N4O2/c26-20-12-19(24-21(27)25(20)11-10-15-13-22-23-14-15)18-8-6-17(7-9-18)16-4-2-1-3-5-16/h1-9,13-14,19H,10-12H2,(H,22,23)(H,24,27). The molecule has 0 bridgehead atoms. The minimum Gasteiger partial charge on any atom is -0.330 e. The molecule has 2 aromatic carbocycles. The van der Waals surface area contributed by atoms with Crippen molar-refractivity contribution in [1.82, 2.24) is 20.4 Å². The molecular formula is C21H20N4O2. The van der Waals surface area contributed by atoms with E-state index >= 15 is 0 Å². The van der Waals surface area contributed by atoms with Crippen LogP contribution in [-0.2, 0) is 11.2 Å². The molecule has 1 aliphatic rings. The van der Waals surface area contributed by atoms with Crippen molar-refractivity contribution in [3.8, 4) is 11.1 Å². The number of aromatic nitrogens is 2. The zero-order valence-corrected chi connectivity index (χ0v) is 14.8. The number of carbonyl (C=O) groups is 2. The number of imide groups is 1. The quantitative estimate of drug-likeness (QED) is 0.733. The Morgan fingerprint density at radius 2 is 1.74 bits per heavy atom. The summed E-state index contributed by atoms with van der Waals surface area (Å²) in [5.74, 6) is -0.153. The van der Waals surface area contributed by atoms with Gasteiger partial charge in [0.15, 0.2) is 0 Å². The summed E-state index contributed by atoms with van der Waals surface area (Å²) in [6.45, 7) is 0.351. The molecule has 4 rings (SSSR count). The maximum atomic E-state index is 12.5. The number of hydrogen-bond acceptors (Lipinski definition) is 3. The molecule has 136 valence electrons. The lowest BCUT2D eigenvalue weighted by atomic mass is 9.97. The Kier molecular flexibility index (Phi) is 4.70. The molecule has 0 saturated carbocycles. The van der Waals surface area contributed by atoms with E-state index in [4.69, 9.17) is 0 Å². The molecule has 1 aromatic heterocycles. The van der Waals surface area contributed by atoms with Gasteiger partial charge in [-0.25, -0.2) is 4.79 Å². The number of rotatable bonds is 5. The summed E-state index contributed by atoms with van der Waals surface area (Å²) >= 11 is 0. The van der Waals surface area contributed by atoms with E-state index in [9.17, 15) is 9.59 Å². The Balaban J connectivity index is 1.42. The molecule has 1 fully saturated rings. The van der Waals surface area contributed by atoms with Crippen LogP contribution < -0.4 is 5.32 Å². The van der Waals surface area contributed by atoms with Crippen LogP contribution in [-0.4, -0.2) is 33.6 Å². The predicted octanol–water partition coefficient (Wildman–Crippen LogP) is 3.30. The van der Waals surface area contributed by atoms with Crippen LogP contribution in [0.15, 0.2) is 67.0 Å². The van der Waals surface area contributed by atoms with Crippen LogP contribution in [0.25, 0.3) is 11.1 Å². The van der Waals surface area contributed by atoms with E-state index in [1.807, 2.05) is 42.5 Å². The Labute approximate surface area is 157 Å². The number of nitrogens with one attached hydrogen (secondary N) is 2. The van der Waals surface area contributed by atoms with Crippen LogP contribution in [0.1, 0.15) is 23.6 Å². The van der Waals surface area contributed by atoms with Gasteiger partial charge in [0.2, 0.25) is 5.91 Å². The minimum atomic E-state index is -0.341. The molecule has 6 nitrogen and oxygen atoms in total. The Morgan fingerprint density at radius 1 is 1.00 bits per heavy atom. The third kappa shape index (κ3) is 3.74. The maximum absolute atomic E-state index is 12.5. The topological polar surface area (TPSA) is 78.1 Å². The third-order valence-corrected chi connectivity index (χ3v) is 4.82. The molecule has 1 atom stereocenters. The number of nitrogens with zero attached hydrogens (tertiary/aromatic N) is 2. The van der Waals surface area contributed by atoms with Gasteiger partial charge < -0.3 is 5.32 Å². The first-order chi connectivity index (χ1) is 13.2. The van der Waals surface area contributed by atoms with Crippen molar-refractivity contribution in [3.63, 3.8) is 0 Å². The van der Waals surface area contributed by atoms with E-state index in [0.29, 0.717) is 13.0 Å². The summed E-state index contributed by atoms with van der Waals surface area (Å²) in [5, 5.41) is 9.55. The highest BCUT2D eigenvalue weighted by Gasteiger charge is 2.32. The molecule has 27 heavy (non-hydrogen) atoms. The van der Waals surface area contributed by atoms with Gasteiger partial charge in [0.05, 0.1) is 18.7 Å². The molecule has 0 radical (unpaired) electrons. The molecule has 2 heterocycles. The average molecular weight is 360 g/mol. The number of hydrogen-bond donors (Lipinski definition) is 2. The summed E-state index contributed by atoms with van der Waals surface area (Å²) in [4.78, 5) is 26.2. The zero-order valence-electron chi connectivity index (χ0n) is 14.8. The van der Waals surface area contributed by atoms with Gasteiger partial charge in [-0.1, -0.05) is 54.6 Å². The van der Waals surface area contributed by atoms with Gasteiger partial charge in [-0.2, -0.15) is 5.10 Å². The molecule has 0 spiro atoms. The van der Waals surface area contributed by atoms with Crippen molar-refractivity contribution in [3.05, 3.63) is 78.1 Å². The smallest absolute Gasteiger partial charge is 0.324 e. The fourth-order valence-electron chi connectivity index (χ4n) is 3.30. The second kappa shape index (κ2) is 7.45. The van der Waals surface area contributed by atoms with E-state index < -0.39 is 0 Å². The fourth-order valence-corrected chi connectivity index (χ4v) is 3.30. The van der Waals surface area contributed by atoms with Crippen LogP contribution in [0.4, 0.5) is 4.79 Å². The van der Waals surface area contributed by atoms with E-state index in [1.54, 1.807) is 12.4 Å². The van der Waals surface area contributed by atoms with Crippen molar-refractivity contribution >= 4 is 11.9 Å². The van der Waals surface area contributed by atoms with Gasteiger partial charge in [-0.15, -0.1) is 0 Å². The SMILES string of the molecule is O=C1CC(c2ccc(-c3ccccc3)cc2)NC(=O)N1CCc1cn[nH]c1. The van der Waals surface area contributed by atoms with Gasteiger partial charge in [0.25, 0.3) is 0 Å². The molecule has 1 unspecified atom stereocenters. The monoisotopic (exact) mass is 360 g/mol. The number of benzene rings is 2. The maximum Gasteiger partial charge on any atom is 0.324 e. The summed E-state index contributed by atoms with van der Waals surface area (Å²) < 4.78 is 0. The Morgan fingerprint density at radius 3 is 2.41 bits per heavy atom. The molecule has 3 amide bonds. The van der Waals surface area contributed by atoms with Gasteiger partial charge in [0.1, 0.15) is 0 Å². The second-order valence-corrected chi connectivity index (χ2v) is 6.60. The number of urea groups is 1. The number of amides is 3. The summed E-state index contributed by atoms with van der Waals surface area (Å²) in [6.07, 6.45) is 4.32. The lowest BCUT2D eigenvalue weighted by Crippen LogP contribution is -2.51. The van der Waals surface area contributed by atoms with Crippen molar-refractivity contribution in [2.45, 2.75) is 18.9 Å². The van der Waals surface area contributed by atoms with Gasteiger partial charge in [-0.05, 0) is 28.7 Å². The largest absolute Gasteiger partial charge is 0.330 e. The first-order valence-electron chi connectivity index (χ1n) is 8.94. The minimum absolute atomic E-state index is 0.153. The molecule has 6 heteroatoms. The molecular weight excluding hydrogens is 340 g/mol. The highest BCUT2D eigenvalue weighted by Crippen LogP contribution is 2.26. The molecule has 1 saturated heterocycles. The van der Waals surface area contributed by atoms with Crippen LogP contribution in [0.3, 0.4) is 0 Å². The zero-order chi connectivity index (χ0) is 18.6. The van der Waals surface area contributed by atoms with Crippen LogP contribution in [0.5, 0.6) is 0 Å². The van der Waals surface area contributed by atoms with Crippen molar-refractivity contribution < 1.29 is 9.59 Å². The summed E-state index contributed by atoms with van der Waals surface area (Å²) in [6, 6.07) is 17.5. The molecule has 0 aliphatic carbocycles. The lowest BCUT2D eigenvalue weighted by Gasteiger charge is -2.31. The van der Waals surface area contributed by atoms with E-state index in [2.05, 4.69) is 27.6 Å². The lowest BCUT2D eigenvalue weighted by molar-refractivity contribution is -0.130. The van der Waals surface area contributed by atoms with E-state index in [0.717, 1.165) is 22.3 Å². The second-order valence-electron chi connectivity index (χ2n) is 6.60. The van der Waals surface area contributed by atoms with Gasteiger partial charge in [-0.3, -0.25) is 14.8 Å². The van der Waals surface area contributed by atoms with Crippen molar-refractivity contribution in [1.29, 1.82) is 0 Å². The van der Waals surface area contributed by atoms with Crippen LogP contribution >= 0.6 is 0 Å². The first-order valence-corrected chi connectivity index (χ1v) is 8.94. The molecule has 1 aliphatic heterocycles. The van der Waals surface area contributed by atoms with Crippen LogP contribution in [0.2, 0.25) is 0 Å². The van der Waals surface area contributed by atoms with Gasteiger partial charge in [0, 0.05) is 12.7 Å². The summed E-state index contributed by atoms with van der Waals surface area (Å²) in [5.41, 5.74) is 4.15. The normalized spacial score (nSPS) is 17.0. The number of carbonyl (C=O) groups excluding carboxylic acids is 2. The Hall–Kier alpha value is -3.41. The highest BCUT2D eigenvalue weighted by atomic mass is 16.2. The van der Waals surface area contributed by atoms with Crippen molar-refractivity contribution in [2.24, 2.45) is 0 Å². The average Bonchev–Trinajstić information content (AvgIpc) is 3.22. The number of H-pyrrole nitrogens is 1. The first kappa shape index (κ1) is 17.0. The fraction of sp³-hybridized carbons (Fsp3) is 0.190. The molecule has 2 N–H and O–H groups in total. The number of aromatic amines is 1. The molecule has 3 aromatic rings. The van der Waals surface area contributed by atoms with E-state index in [-0.39, 0.29) is 24.4 Å². The summed E-state index contributed by atoms with van der Waals surface area (Å²) in [7, 11) is 0. The highest BCUT2D eigenvalue weighted by molar-refractivity contribution is 5.97. The van der Waals surface area contributed by atoms with Crippen molar-refractivity contribution in [2.75, 3.05) is 6.54 Å². The predicted molar refractivity (Wildman–Crippen MR) is 102 cm³/mol. The van der Waals surface area contributed by atoms with E-state index in [1.165, 1.54) is 4.90 Å². The van der Waals surface area contributed by atoms with Gasteiger partial charge >= 0.3 is 6.03 Å². The Bertz CT molecular complexity index is 903. The van der Waals surface area contributed by atoms with Crippen LogP contribution in [0, 0.1) is 0 Å². The third-order valence-electron chi connectivity index (χ3n) is 4.82.